The molecule has 0 aromatic heterocycles. The van der Waals surface area contributed by atoms with E-state index in [9.17, 15) is 27.7 Å². The van der Waals surface area contributed by atoms with Gasteiger partial charge in [-0.3, -0.25) is 23.8 Å². The summed E-state index contributed by atoms with van der Waals surface area (Å²) in [7, 11) is -5.15. The highest BCUT2D eigenvalue weighted by atomic mass is 32.3. The van der Waals surface area contributed by atoms with Gasteiger partial charge in [0.05, 0.1) is 19.8 Å². The summed E-state index contributed by atoms with van der Waals surface area (Å²) >= 11 is 0. The maximum absolute atomic E-state index is 13.8. The molecule has 1 aromatic rings. The summed E-state index contributed by atoms with van der Waals surface area (Å²) in [5, 5.41) is 10.1. The van der Waals surface area contributed by atoms with E-state index in [-0.39, 0.29) is 12.0 Å². The van der Waals surface area contributed by atoms with E-state index in [1.807, 2.05) is 0 Å². The van der Waals surface area contributed by atoms with E-state index in [1.54, 1.807) is 18.2 Å². The first kappa shape index (κ1) is 55.8. The van der Waals surface area contributed by atoms with Crippen LogP contribution in [0.1, 0.15) is 211 Å². The number of carbonyl (C=O) groups is 2. The van der Waals surface area contributed by atoms with Gasteiger partial charge >= 0.3 is 10.4 Å². The molecule has 1 fully saturated rings. The molecule has 5 atom stereocenters. The number of carbonyl (C=O) groups excluding carboxylic acids is 2. The number of nitrogens with two attached hydrogens (primary N) is 1. The highest BCUT2D eigenvalue weighted by molar-refractivity contribution is 7.80. The first-order valence-electron chi connectivity index (χ1n) is 24.3. The van der Waals surface area contributed by atoms with E-state index in [2.05, 4.69) is 26.3 Å². The molecule has 1 aliphatic rings. The third kappa shape index (κ3) is 24.1. The number of rotatable bonds is 40. The Morgan fingerprint density at radius 2 is 1.11 bits per heavy atom. The fraction of sp³-hybridized carbons (Fsp3) is 0.830. The van der Waals surface area contributed by atoms with Gasteiger partial charge in [-0.15, -0.1) is 0 Å². The van der Waals surface area contributed by atoms with E-state index in [1.165, 1.54) is 103 Å². The molecule has 62 heavy (non-hydrogen) atoms. The van der Waals surface area contributed by atoms with E-state index >= 15 is 0 Å². The molecule has 360 valence electrons. The van der Waals surface area contributed by atoms with Crippen LogP contribution in [0.15, 0.2) is 18.2 Å². The molecule has 0 saturated carbocycles. The van der Waals surface area contributed by atoms with Gasteiger partial charge in [-0.05, 0) is 37.5 Å². The Labute approximate surface area is 374 Å². The van der Waals surface area contributed by atoms with Crippen LogP contribution in [0.3, 0.4) is 0 Å². The van der Waals surface area contributed by atoms with Crippen LogP contribution < -0.4 is 20.9 Å². The number of hydrogen-bond acceptors (Lipinski definition) is 12. The van der Waals surface area contributed by atoms with Gasteiger partial charge in [0.15, 0.2) is 17.8 Å². The molecule has 0 spiro atoms. The van der Waals surface area contributed by atoms with Gasteiger partial charge in [0.2, 0.25) is 0 Å². The van der Waals surface area contributed by atoms with Crippen LogP contribution in [0.2, 0.25) is 0 Å². The number of hydrogen-bond donors (Lipinski definition) is 4. The largest absolute Gasteiger partial charge is 0.490 e. The van der Waals surface area contributed by atoms with Crippen LogP contribution in [0.25, 0.3) is 0 Å². The molecule has 1 saturated heterocycles. The van der Waals surface area contributed by atoms with Crippen molar-refractivity contribution in [2.45, 2.75) is 225 Å². The van der Waals surface area contributed by atoms with Crippen molar-refractivity contribution in [1.82, 2.24) is 5.48 Å². The molecule has 14 nitrogen and oxygen atoms in total. The number of ketones is 1. The third-order valence-corrected chi connectivity index (χ3v) is 12.1. The highest BCUT2D eigenvalue weighted by Gasteiger charge is 2.53. The van der Waals surface area contributed by atoms with E-state index in [0.29, 0.717) is 31.1 Å². The predicted molar refractivity (Wildman–Crippen MR) is 242 cm³/mol. The summed E-state index contributed by atoms with van der Waals surface area (Å²) in [5.74, 6) is 3.90. The van der Waals surface area contributed by atoms with Crippen molar-refractivity contribution in [3.05, 3.63) is 23.8 Å². The molecule has 0 bridgehead atoms. The number of benzene rings is 1. The fourth-order valence-electron chi connectivity index (χ4n) is 7.93. The third-order valence-electron chi connectivity index (χ3n) is 11.6. The Hall–Kier alpha value is -2.37. The van der Waals surface area contributed by atoms with Crippen molar-refractivity contribution in [3.63, 3.8) is 0 Å². The molecule has 1 amide bonds. The van der Waals surface area contributed by atoms with Gasteiger partial charge in [0.25, 0.3) is 5.91 Å². The Kier molecular flexibility index (Phi) is 31.4. The number of ether oxygens (including phenoxy) is 3. The summed E-state index contributed by atoms with van der Waals surface area (Å²) in [4.78, 5) is 38.3. The van der Waals surface area contributed by atoms with E-state index < -0.39 is 59.2 Å². The standard InChI is InChI=1S/C47H84N2O12S/c1-4-7-10-13-16-19-20-21-22-25-28-31-39(51)43-45(44(61-62(53,54)55)42(37-50)58-47(43)59-48)60-49-46(52)38-32-33-40(56-34-29-26-23-17-14-11-8-5-2)41(36-38)57-35-30-27-24-18-15-12-9-6-3/h32-33,36,42-45,47,50H,4-31,34-35,37,48H2,1-3H3,(H,49,52)(H,53,54,55)/t42-,43-,44-,45-,47?/m1/s1. The molecule has 1 heterocycles. The van der Waals surface area contributed by atoms with Crippen molar-refractivity contribution in [2.75, 3.05) is 19.8 Å². The topological polar surface area (TPSA) is 202 Å². The van der Waals surface area contributed by atoms with Gasteiger partial charge in [0, 0.05) is 12.0 Å². The van der Waals surface area contributed by atoms with Crippen molar-refractivity contribution in [2.24, 2.45) is 11.8 Å². The number of amides is 1. The molecule has 5 N–H and O–H groups in total. The second-order valence-electron chi connectivity index (χ2n) is 16.9. The number of nitrogens with one attached hydrogen (secondary N) is 1. The lowest BCUT2D eigenvalue weighted by atomic mass is 9.85. The summed E-state index contributed by atoms with van der Waals surface area (Å²) < 4.78 is 56.6. The van der Waals surface area contributed by atoms with Gasteiger partial charge in [-0.25, -0.2) is 15.6 Å². The van der Waals surface area contributed by atoms with E-state index in [4.69, 9.17) is 34.0 Å². The maximum atomic E-state index is 13.8. The van der Waals surface area contributed by atoms with Gasteiger partial charge in [-0.1, -0.05) is 175 Å². The average molecular weight is 901 g/mol. The molecule has 0 radical (unpaired) electrons. The molecular weight excluding hydrogens is 817 g/mol. The van der Waals surface area contributed by atoms with E-state index in [0.717, 1.165) is 64.2 Å². The highest BCUT2D eigenvalue weighted by Crippen LogP contribution is 2.34. The van der Waals surface area contributed by atoms with Crippen molar-refractivity contribution >= 4 is 22.1 Å². The van der Waals surface area contributed by atoms with Crippen molar-refractivity contribution < 1.29 is 55.7 Å². The lowest BCUT2D eigenvalue weighted by Crippen LogP contribution is -2.62. The Bertz CT molecular complexity index is 1420. The van der Waals surface area contributed by atoms with Crippen LogP contribution in [0.4, 0.5) is 0 Å². The second kappa shape index (κ2) is 35.0. The Balaban J connectivity index is 2.15. The second-order valence-corrected chi connectivity index (χ2v) is 18.0. The number of unbranched alkanes of at least 4 members (excludes halogenated alkanes) is 24. The zero-order chi connectivity index (χ0) is 45.3. The smallest absolute Gasteiger partial charge is 0.397 e. The number of Topliss-reactive ketones (excluding diaryl/α,β-unsaturated/α-hetero) is 1. The normalized spacial score (nSPS) is 19.1. The first-order valence-corrected chi connectivity index (χ1v) is 25.6. The Morgan fingerprint density at radius 3 is 1.56 bits per heavy atom. The summed E-state index contributed by atoms with van der Waals surface area (Å²) in [6.07, 6.45) is 24.1. The molecule has 1 aliphatic heterocycles. The minimum absolute atomic E-state index is 0.0566. The molecule has 2 rings (SSSR count). The van der Waals surface area contributed by atoms with Gasteiger partial charge in [-0.2, -0.15) is 8.42 Å². The molecular formula is C47H84N2O12S. The zero-order valence-corrected chi connectivity index (χ0v) is 39.3. The predicted octanol–water partition coefficient (Wildman–Crippen LogP) is 10.4. The van der Waals surface area contributed by atoms with Crippen LogP contribution >= 0.6 is 0 Å². The number of aliphatic hydroxyl groups excluding tert-OH is 1. The monoisotopic (exact) mass is 901 g/mol. The van der Waals surface area contributed by atoms with Gasteiger partial charge < -0.3 is 19.3 Å². The van der Waals surface area contributed by atoms with Crippen LogP contribution in [0, 0.1) is 5.92 Å². The molecule has 1 unspecified atom stereocenters. The molecule has 0 aliphatic carbocycles. The molecule has 1 aromatic carbocycles. The number of hydroxylamine groups is 1. The Morgan fingerprint density at radius 1 is 0.661 bits per heavy atom. The maximum Gasteiger partial charge on any atom is 0.397 e. The SMILES string of the molecule is CCCCCCCCCCCCCC(=O)[C@H]1C(ON)O[C@H](CO)[C@@H](OS(=O)(=O)O)[C@@H]1ONC(=O)c1ccc(OCCCCCCCCCC)c(OCCCCCCCCCC)c1. The number of aliphatic hydroxyl groups is 1. The summed E-state index contributed by atoms with van der Waals surface area (Å²) in [6, 6.07) is 4.78. The minimum atomic E-state index is -5.15. The lowest BCUT2D eigenvalue weighted by molar-refractivity contribution is -0.289. The fourth-order valence-corrected chi connectivity index (χ4v) is 8.44. The van der Waals surface area contributed by atoms with Crippen LogP contribution in [-0.2, 0) is 33.8 Å². The summed E-state index contributed by atoms with van der Waals surface area (Å²) in [5.41, 5.74) is 2.47. The average Bonchev–Trinajstić information content (AvgIpc) is 3.25. The van der Waals surface area contributed by atoms with Crippen molar-refractivity contribution in [1.29, 1.82) is 0 Å². The van der Waals surface area contributed by atoms with Gasteiger partial charge in [0.1, 0.15) is 30.0 Å². The first-order chi connectivity index (χ1) is 30.1. The van der Waals surface area contributed by atoms with Crippen molar-refractivity contribution in [3.8, 4) is 11.5 Å². The lowest BCUT2D eigenvalue weighted by Gasteiger charge is -2.43. The minimum Gasteiger partial charge on any atom is -0.490 e. The molecule has 15 heteroatoms. The van der Waals surface area contributed by atoms with Crippen LogP contribution in [0.5, 0.6) is 11.5 Å². The summed E-state index contributed by atoms with van der Waals surface area (Å²) in [6.45, 7) is 6.76. The zero-order valence-electron chi connectivity index (χ0n) is 38.5. The van der Waals surface area contributed by atoms with Crippen LogP contribution in [-0.4, -0.2) is 74.2 Å². The quantitative estimate of drug-likeness (QED) is 0.0276.